The third kappa shape index (κ3) is 5.52. The van der Waals surface area contributed by atoms with E-state index in [9.17, 15) is 5.11 Å². The van der Waals surface area contributed by atoms with Crippen LogP contribution in [0.2, 0.25) is 0 Å². The van der Waals surface area contributed by atoms with E-state index < -0.39 is 0 Å². The zero-order valence-electron chi connectivity index (χ0n) is 27.3. The molecule has 4 aromatic carbocycles. The average Bonchev–Trinajstić information content (AvgIpc) is 3.39. The summed E-state index contributed by atoms with van der Waals surface area (Å²) in [6.45, 7) is 20.5. The van der Waals surface area contributed by atoms with E-state index in [0.717, 1.165) is 43.0 Å². The number of nitrogens with zero attached hydrogens (tertiary/aromatic N) is 2. The fourth-order valence-electron chi connectivity index (χ4n) is 5.94. The molecule has 0 saturated heterocycles. The number of phenolic OH excluding ortho intramolecular Hbond substituents is 1. The minimum atomic E-state index is -0.120. The Morgan fingerprint density at radius 1 is 0.591 bits per heavy atom. The first-order valence-electron chi connectivity index (χ1n) is 15.4. The molecular formula is C40H42N2OS. The van der Waals surface area contributed by atoms with Crippen LogP contribution >= 0.6 is 11.3 Å². The molecule has 0 unspecified atom stereocenters. The predicted molar refractivity (Wildman–Crippen MR) is 189 cm³/mol. The molecule has 6 aromatic rings. The summed E-state index contributed by atoms with van der Waals surface area (Å²) in [5, 5.41) is 13.9. The number of benzene rings is 4. The molecule has 0 atom stereocenters. The van der Waals surface area contributed by atoms with Crippen LogP contribution in [0.3, 0.4) is 0 Å². The second-order valence-electron chi connectivity index (χ2n) is 15.0. The Bertz CT molecular complexity index is 2030. The molecule has 0 spiro atoms. The summed E-state index contributed by atoms with van der Waals surface area (Å²) in [6.07, 6.45) is 1.99. The third-order valence-electron chi connectivity index (χ3n) is 8.47. The molecule has 1 N–H and O–H groups in total. The van der Waals surface area contributed by atoms with Crippen molar-refractivity contribution < 1.29 is 5.11 Å². The van der Waals surface area contributed by atoms with E-state index in [2.05, 4.69) is 117 Å². The van der Waals surface area contributed by atoms with Gasteiger partial charge in [-0.25, -0.2) is 4.98 Å². The van der Waals surface area contributed by atoms with Crippen molar-refractivity contribution in [2.45, 2.75) is 78.6 Å². The summed E-state index contributed by atoms with van der Waals surface area (Å²) in [5.74, 6) is 0.249. The summed E-state index contributed by atoms with van der Waals surface area (Å²) in [7, 11) is 0. The van der Waals surface area contributed by atoms with Crippen LogP contribution in [0.1, 0.15) is 79.0 Å². The number of pyridine rings is 1. The molecule has 0 fully saturated rings. The molecule has 0 radical (unpaired) electrons. The molecule has 6 rings (SSSR count). The number of aromatic hydroxyl groups is 1. The molecule has 0 saturated carbocycles. The van der Waals surface area contributed by atoms with Crippen molar-refractivity contribution in [3.05, 3.63) is 102 Å². The number of hydrogen-bond donors (Lipinski definition) is 1. The lowest BCUT2D eigenvalue weighted by atomic mass is 9.74. The Morgan fingerprint density at radius 3 is 1.89 bits per heavy atom. The minimum Gasteiger partial charge on any atom is -0.507 e. The van der Waals surface area contributed by atoms with Crippen LogP contribution in [0.15, 0.2) is 85.1 Å². The quantitative estimate of drug-likeness (QED) is 0.220. The van der Waals surface area contributed by atoms with Crippen molar-refractivity contribution in [1.82, 2.24) is 9.97 Å². The zero-order valence-corrected chi connectivity index (χ0v) is 28.1. The molecule has 224 valence electrons. The molecule has 2 heterocycles. The molecule has 3 nitrogen and oxygen atoms in total. The molecular weight excluding hydrogens is 557 g/mol. The van der Waals surface area contributed by atoms with Gasteiger partial charge >= 0.3 is 0 Å². The Morgan fingerprint density at radius 2 is 1.23 bits per heavy atom. The number of phenols is 1. The topological polar surface area (TPSA) is 46.0 Å². The SMILES string of the molecule is CC(C)(C)c1cc(-c2cc(-c3cc4ccccc4cn3)c(C(C)(C)C)cc2C(C)(C)C)c2nc(-c3ccccc3O)sc2c1. The van der Waals surface area contributed by atoms with Gasteiger partial charge in [-0.2, -0.15) is 0 Å². The molecule has 4 heteroatoms. The molecule has 0 aliphatic carbocycles. The van der Waals surface area contributed by atoms with Crippen molar-refractivity contribution in [3.8, 4) is 38.7 Å². The highest BCUT2D eigenvalue weighted by Gasteiger charge is 2.29. The Balaban J connectivity index is 1.72. The normalized spacial score (nSPS) is 12.8. The van der Waals surface area contributed by atoms with E-state index in [1.807, 2.05) is 24.4 Å². The fraction of sp³-hybridized carbons (Fsp3) is 0.300. The van der Waals surface area contributed by atoms with E-state index in [1.165, 1.54) is 27.6 Å². The van der Waals surface area contributed by atoms with Gasteiger partial charge in [0.15, 0.2) is 0 Å². The lowest BCUT2D eigenvalue weighted by Gasteiger charge is -2.31. The van der Waals surface area contributed by atoms with E-state index in [4.69, 9.17) is 9.97 Å². The molecule has 0 bridgehead atoms. The minimum absolute atomic E-state index is 0.0576. The summed E-state index contributed by atoms with van der Waals surface area (Å²) in [4.78, 5) is 10.2. The second-order valence-corrected chi connectivity index (χ2v) is 16.0. The molecule has 0 amide bonds. The zero-order chi connectivity index (χ0) is 31.6. The number of hydrogen-bond acceptors (Lipinski definition) is 4. The van der Waals surface area contributed by atoms with E-state index in [1.54, 1.807) is 17.4 Å². The van der Waals surface area contributed by atoms with Gasteiger partial charge in [0.1, 0.15) is 10.8 Å². The largest absolute Gasteiger partial charge is 0.507 e. The van der Waals surface area contributed by atoms with Crippen molar-refractivity contribution in [3.63, 3.8) is 0 Å². The lowest BCUT2D eigenvalue weighted by molar-refractivity contribution is 0.477. The Labute approximate surface area is 265 Å². The van der Waals surface area contributed by atoms with Gasteiger partial charge in [-0.15, -0.1) is 11.3 Å². The van der Waals surface area contributed by atoms with Gasteiger partial charge in [-0.1, -0.05) is 105 Å². The summed E-state index contributed by atoms with van der Waals surface area (Å²) >= 11 is 1.64. The number of thiazole rings is 1. The second kappa shape index (κ2) is 10.6. The third-order valence-corrected chi connectivity index (χ3v) is 9.50. The molecule has 2 aromatic heterocycles. The first kappa shape index (κ1) is 30.0. The molecule has 0 aliphatic heterocycles. The molecule has 44 heavy (non-hydrogen) atoms. The standard InChI is InChI=1S/C40H42N2OS/c1-38(2,3)26-19-29(36-35(20-26)44-37(42-36)27-16-12-13-17-34(27)43)28-21-30(32(40(7,8)9)22-31(28)39(4,5)6)33-18-24-14-10-11-15-25(24)23-41-33/h10-23,43H,1-9H3. The van der Waals surface area contributed by atoms with Gasteiger partial charge in [-0.05, 0) is 80.3 Å². The fourth-order valence-corrected chi connectivity index (χ4v) is 7.01. The monoisotopic (exact) mass is 598 g/mol. The highest BCUT2D eigenvalue weighted by molar-refractivity contribution is 7.21. The van der Waals surface area contributed by atoms with Crippen molar-refractivity contribution >= 4 is 32.3 Å². The summed E-state index contributed by atoms with van der Waals surface area (Å²) in [5.41, 5.74) is 9.72. The number of para-hydroxylation sites is 1. The van der Waals surface area contributed by atoms with Crippen LogP contribution in [0.4, 0.5) is 0 Å². The average molecular weight is 599 g/mol. The van der Waals surface area contributed by atoms with E-state index in [0.29, 0.717) is 0 Å². The van der Waals surface area contributed by atoms with Crippen LogP contribution in [-0.2, 0) is 16.2 Å². The van der Waals surface area contributed by atoms with Crippen molar-refractivity contribution in [1.29, 1.82) is 0 Å². The number of aromatic nitrogens is 2. The van der Waals surface area contributed by atoms with Crippen LogP contribution in [0, 0.1) is 0 Å². The van der Waals surface area contributed by atoms with Gasteiger partial charge < -0.3 is 5.11 Å². The van der Waals surface area contributed by atoms with Gasteiger partial charge in [0.25, 0.3) is 0 Å². The summed E-state index contributed by atoms with van der Waals surface area (Å²) < 4.78 is 1.12. The maximum absolute atomic E-state index is 10.7. The van der Waals surface area contributed by atoms with Gasteiger partial charge in [0.2, 0.25) is 0 Å². The van der Waals surface area contributed by atoms with Crippen molar-refractivity contribution in [2.75, 3.05) is 0 Å². The maximum Gasteiger partial charge on any atom is 0.128 e. The van der Waals surface area contributed by atoms with Crippen LogP contribution in [-0.4, -0.2) is 15.1 Å². The number of rotatable bonds is 3. The van der Waals surface area contributed by atoms with Crippen molar-refractivity contribution in [2.24, 2.45) is 0 Å². The van der Waals surface area contributed by atoms with Gasteiger partial charge in [0.05, 0.1) is 21.5 Å². The van der Waals surface area contributed by atoms with E-state index >= 15 is 0 Å². The lowest BCUT2D eigenvalue weighted by Crippen LogP contribution is -2.19. The summed E-state index contributed by atoms with van der Waals surface area (Å²) in [6, 6.07) is 27.5. The predicted octanol–water partition coefficient (Wildman–Crippen LogP) is 11.4. The maximum atomic E-state index is 10.7. The van der Waals surface area contributed by atoms with E-state index in [-0.39, 0.29) is 22.0 Å². The van der Waals surface area contributed by atoms with Crippen LogP contribution in [0.25, 0.3) is 53.9 Å². The Kier molecular flexibility index (Phi) is 7.20. The number of fused-ring (bicyclic) bond motifs is 2. The smallest absolute Gasteiger partial charge is 0.128 e. The van der Waals surface area contributed by atoms with Crippen LogP contribution < -0.4 is 0 Å². The first-order chi connectivity index (χ1) is 20.6. The van der Waals surface area contributed by atoms with Gasteiger partial charge in [-0.3, -0.25) is 4.98 Å². The Hall–Kier alpha value is -4.02. The highest BCUT2D eigenvalue weighted by atomic mass is 32.1. The highest BCUT2D eigenvalue weighted by Crippen LogP contribution is 2.46. The first-order valence-corrected chi connectivity index (χ1v) is 16.2. The van der Waals surface area contributed by atoms with Gasteiger partial charge in [0, 0.05) is 22.7 Å². The van der Waals surface area contributed by atoms with Crippen LogP contribution in [0.5, 0.6) is 5.75 Å². The molecule has 0 aliphatic rings.